The standard InChI is InChI=1S/C19H18F2N2O2/c1-11-5-4-6-12(2)16(11)10-23-17-9-14(19(20,21)18(24)25)7-8-15(17)13(3)22-23/h4-9H,10H2,1-3H3,(H,24,25). The van der Waals surface area contributed by atoms with E-state index in [0.717, 1.165) is 28.1 Å². The lowest BCUT2D eigenvalue weighted by atomic mass is 10.0. The van der Waals surface area contributed by atoms with E-state index in [1.54, 1.807) is 11.6 Å². The number of carboxylic acid groups (broad SMARTS) is 1. The zero-order valence-corrected chi connectivity index (χ0v) is 14.2. The van der Waals surface area contributed by atoms with Gasteiger partial charge in [-0.3, -0.25) is 4.68 Å². The van der Waals surface area contributed by atoms with Gasteiger partial charge in [-0.15, -0.1) is 0 Å². The van der Waals surface area contributed by atoms with Crippen LogP contribution in [0.2, 0.25) is 0 Å². The number of rotatable bonds is 4. The van der Waals surface area contributed by atoms with Gasteiger partial charge < -0.3 is 5.11 Å². The second kappa shape index (κ2) is 5.95. The van der Waals surface area contributed by atoms with Crippen molar-refractivity contribution in [3.05, 3.63) is 64.3 Å². The van der Waals surface area contributed by atoms with Crippen LogP contribution < -0.4 is 0 Å². The minimum atomic E-state index is -3.93. The summed E-state index contributed by atoms with van der Waals surface area (Å²) in [6, 6.07) is 9.82. The maximum atomic E-state index is 13.9. The predicted octanol–water partition coefficient (Wildman–Crippen LogP) is 4.19. The molecule has 25 heavy (non-hydrogen) atoms. The molecule has 0 aliphatic heterocycles. The van der Waals surface area contributed by atoms with Gasteiger partial charge in [0.05, 0.1) is 17.8 Å². The lowest BCUT2D eigenvalue weighted by Crippen LogP contribution is -2.25. The number of aryl methyl sites for hydroxylation is 3. The maximum Gasteiger partial charge on any atom is 0.379 e. The molecule has 0 bridgehead atoms. The molecule has 0 unspecified atom stereocenters. The van der Waals surface area contributed by atoms with E-state index in [4.69, 9.17) is 5.11 Å². The summed E-state index contributed by atoms with van der Waals surface area (Å²) < 4.78 is 29.4. The summed E-state index contributed by atoms with van der Waals surface area (Å²) in [5, 5.41) is 14.0. The first-order valence-corrected chi connectivity index (χ1v) is 7.85. The second-order valence-electron chi connectivity index (χ2n) is 6.22. The van der Waals surface area contributed by atoms with E-state index in [-0.39, 0.29) is 0 Å². The van der Waals surface area contributed by atoms with Crippen LogP contribution in [0.25, 0.3) is 10.9 Å². The molecular formula is C19H18F2N2O2. The summed E-state index contributed by atoms with van der Waals surface area (Å²) >= 11 is 0. The molecule has 0 amide bonds. The summed E-state index contributed by atoms with van der Waals surface area (Å²) in [5.74, 6) is -6.10. The molecule has 0 atom stereocenters. The average Bonchev–Trinajstić information content (AvgIpc) is 2.86. The molecule has 130 valence electrons. The Kier molecular flexibility index (Phi) is 4.06. The number of benzene rings is 2. The van der Waals surface area contributed by atoms with Crippen LogP contribution >= 0.6 is 0 Å². The van der Waals surface area contributed by atoms with Gasteiger partial charge in [0.1, 0.15) is 0 Å². The first kappa shape index (κ1) is 17.1. The number of nitrogens with zero attached hydrogens (tertiary/aromatic N) is 2. The van der Waals surface area contributed by atoms with Crippen LogP contribution in [0, 0.1) is 20.8 Å². The number of hydrogen-bond donors (Lipinski definition) is 1. The quantitative estimate of drug-likeness (QED) is 0.772. The Morgan fingerprint density at radius 2 is 1.80 bits per heavy atom. The molecule has 4 nitrogen and oxygen atoms in total. The minimum Gasteiger partial charge on any atom is -0.477 e. The Bertz CT molecular complexity index is 957. The first-order chi connectivity index (χ1) is 11.7. The minimum absolute atomic E-state index is 0.435. The van der Waals surface area contributed by atoms with Crippen molar-refractivity contribution in [2.75, 3.05) is 0 Å². The average molecular weight is 344 g/mol. The monoisotopic (exact) mass is 344 g/mol. The molecule has 3 aromatic rings. The number of carboxylic acids is 1. The SMILES string of the molecule is Cc1cccc(C)c1Cn1nc(C)c2ccc(C(F)(F)C(=O)O)cc21. The Morgan fingerprint density at radius 3 is 2.40 bits per heavy atom. The third kappa shape index (κ3) is 2.88. The number of aliphatic carboxylic acids is 1. The van der Waals surface area contributed by atoms with Crippen LogP contribution in [-0.4, -0.2) is 20.9 Å². The highest BCUT2D eigenvalue weighted by Crippen LogP contribution is 2.32. The van der Waals surface area contributed by atoms with Gasteiger partial charge in [0.2, 0.25) is 0 Å². The predicted molar refractivity (Wildman–Crippen MR) is 91.0 cm³/mol. The lowest BCUT2D eigenvalue weighted by Gasteiger charge is -2.13. The van der Waals surface area contributed by atoms with Crippen LogP contribution in [0.4, 0.5) is 8.78 Å². The van der Waals surface area contributed by atoms with E-state index in [0.29, 0.717) is 17.8 Å². The van der Waals surface area contributed by atoms with E-state index in [9.17, 15) is 13.6 Å². The highest BCUT2D eigenvalue weighted by atomic mass is 19.3. The highest BCUT2D eigenvalue weighted by molar-refractivity contribution is 5.85. The van der Waals surface area contributed by atoms with Crippen molar-refractivity contribution in [1.29, 1.82) is 0 Å². The fourth-order valence-electron chi connectivity index (χ4n) is 3.03. The zero-order valence-electron chi connectivity index (χ0n) is 14.2. The van der Waals surface area contributed by atoms with Crippen molar-refractivity contribution in [3.63, 3.8) is 0 Å². The van der Waals surface area contributed by atoms with Crippen LogP contribution in [0.15, 0.2) is 36.4 Å². The van der Waals surface area contributed by atoms with Crippen LogP contribution in [0.3, 0.4) is 0 Å². The van der Waals surface area contributed by atoms with Crippen molar-refractivity contribution >= 4 is 16.9 Å². The fraction of sp³-hybridized carbons (Fsp3) is 0.263. The lowest BCUT2D eigenvalue weighted by molar-refractivity contribution is -0.166. The molecule has 1 heterocycles. The molecule has 0 aliphatic carbocycles. The van der Waals surface area contributed by atoms with Gasteiger partial charge in [-0.1, -0.05) is 30.3 Å². The number of aromatic nitrogens is 2. The van der Waals surface area contributed by atoms with E-state index >= 15 is 0 Å². The van der Waals surface area contributed by atoms with E-state index in [2.05, 4.69) is 5.10 Å². The van der Waals surface area contributed by atoms with Gasteiger partial charge in [-0.05, 0) is 43.5 Å². The maximum absolute atomic E-state index is 13.9. The molecule has 0 saturated heterocycles. The Balaban J connectivity index is 2.14. The molecule has 2 aromatic carbocycles. The summed E-state index contributed by atoms with van der Waals surface area (Å²) in [6.45, 7) is 6.22. The van der Waals surface area contributed by atoms with Gasteiger partial charge in [-0.2, -0.15) is 13.9 Å². The molecule has 0 fully saturated rings. The van der Waals surface area contributed by atoms with Crippen molar-refractivity contribution in [3.8, 4) is 0 Å². The summed E-state index contributed by atoms with van der Waals surface area (Å²) in [5.41, 5.74) is 3.92. The Hall–Kier alpha value is -2.76. The summed E-state index contributed by atoms with van der Waals surface area (Å²) in [6.07, 6.45) is 0. The Morgan fingerprint density at radius 1 is 1.16 bits per heavy atom. The second-order valence-corrected chi connectivity index (χ2v) is 6.22. The highest BCUT2D eigenvalue weighted by Gasteiger charge is 2.41. The summed E-state index contributed by atoms with van der Waals surface area (Å²) in [7, 11) is 0. The third-order valence-corrected chi connectivity index (χ3v) is 4.52. The number of alkyl halides is 2. The molecular weight excluding hydrogens is 326 g/mol. The van der Waals surface area contributed by atoms with Crippen molar-refractivity contribution < 1.29 is 18.7 Å². The zero-order chi connectivity index (χ0) is 18.4. The number of carbonyl (C=O) groups is 1. The molecule has 1 N–H and O–H groups in total. The molecule has 0 aliphatic rings. The van der Waals surface area contributed by atoms with E-state index < -0.39 is 17.5 Å². The molecule has 6 heteroatoms. The summed E-state index contributed by atoms with van der Waals surface area (Å²) in [4.78, 5) is 10.9. The topological polar surface area (TPSA) is 55.1 Å². The molecule has 0 saturated carbocycles. The first-order valence-electron chi connectivity index (χ1n) is 7.85. The Labute approximate surface area is 143 Å². The normalized spacial score (nSPS) is 11.9. The molecule has 0 radical (unpaired) electrons. The van der Waals surface area contributed by atoms with Gasteiger partial charge in [0.15, 0.2) is 0 Å². The van der Waals surface area contributed by atoms with Crippen molar-refractivity contribution in [2.45, 2.75) is 33.2 Å². The molecule has 0 spiro atoms. The van der Waals surface area contributed by atoms with Crippen LogP contribution in [0.5, 0.6) is 0 Å². The van der Waals surface area contributed by atoms with Crippen LogP contribution in [0.1, 0.15) is 27.9 Å². The van der Waals surface area contributed by atoms with E-state index in [1.807, 2.05) is 32.0 Å². The van der Waals surface area contributed by atoms with Gasteiger partial charge >= 0.3 is 11.9 Å². The van der Waals surface area contributed by atoms with Gasteiger partial charge in [0.25, 0.3) is 0 Å². The van der Waals surface area contributed by atoms with Gasteiger partial charge in [-0.25, -0.2) is 4.79 Å². The van der Waals surface area contributed by atoms with Crippen LogP contribution in [-0.2, 0) is 17.3 Å². The molecule has 3 rings (SSSR count). The number of halogens is 2. The third-order valence-electron chi connectivity index (χ3n) is 4.52. The largest absolute Gasteiger partial charge is 0.477 e. The van der Waals surface area contributed by atoms with Crippen molar-refractivity contribution in [1.82, 2.24) is 9.78 Å². The smallest absolute Gasteiger partial charge is 0.379 e. The van der Waals surface area contributed by atoms with Crippen molar-refractivity contribution in [2.24, 2.45) is 0 Å². The van der Waals surface area contributed by atoms with E-state index in [1.165, 1.54) is 12.1 Å². The van der Waals surface area contributed by atoms with Gasteiger partial charge in [0, 0.05) is 10.9 Å². The number of hydrogen-bond acceptors (Lipinski definition) is 2. The molecule has 1 aromatic heterocycles. The fourth-order valence-corrected chi connectivity index (χ4v) is 3.03. The number of fused-ring (bicyclic) bond motifs is 1.